The zero-order valence-corrected chi connectivity index (χ0v) is 23.2. The van der Waals surface area contributed by atoms with E-state index in [-0.39, 0.29) is 23.3 Å². The van der Waals surface area contributed by atoms with Crippen LogP contribution in [0.15, 0.2) is 67.3 Å². The lowest BCUT2D eigenvalue weighted by Crippen LogP contribution is -2.56. The zero-order valence-electron chi connectivity index (χ0n) is 23.2. The van der Waals surface area contributed by atoms with Crippen molar-refractivity contribution in [3.63, 3.8) is 0 Å². The minimum Gasteiger partial charge on any atom is -0.427 e. The molecule has 0 bridgehead atoms. The maximum Gasteiger partial charge on any atom is 0.308 e. The van der Waals surface area contributed by atoms with Gasteiger partial charge in [0.15, 0.2) is 0 Å². The van der Waals surface area contributed by atoms with Gasteiger partial charge in [-0.1, -0.05) is 55.0 Å². The highest BCUT2D eigenvalue weighted by Crippen LogP contribution is 2.50. The predicted octanol–water partition coefficient (Wildman–Crippen LogP) is 6.17. The second kappa shape index (κ2) is 13.2. The first-order chi connectivity index (χ1) is 18.4. The Morgan fingerprint density at radius 1 is 1.11 bits per heavy atom. The Bertz CT molecular complexity index is 1080. The highest BCUT2D eigenvalue weighted by molar-refractivity contribution is 5.76. The van der Waals surface area contributed by atoms with Gasteiger partial charge < -0.3 is 9.64 Å². The molecule has 2 aromatic carbocycles. The lowest BCUT2D eigenvalue weighted by atomic mass is 9.57. The molecule has 4 rings (SSSR count). The molecule has 3 atom stereocenters. The molecule has 2 fully saturated rings. The molecule has 5 nitrogen and oxygen atoms in total. The van der Waals surface area contributed by atoms with Crippen LogP contribution >= 0.6 is 0 Å². The van der Waals surface area contributed by atoms with Crippen LogP contribution in [0, 0.1) is 5.92 Å². The summed E-state index contributed by atoms with van der Waals surface area (Å²) in [6.07, 6.45) is 10.9. The molecule has 2 aliphatic rings. The van der Waals surface area contributed by atoms with Gasteiger partial charge in [-0.05, 0) is 80.7 Å². The van der Waals surface area contributed by atoms with Gasteiger partial charge in [0.1, 0.15) is 5.75 Å². The monoisotopic (exact) mass is 516 g/mol. The molecule has 1 heterocycles. The number of amides is 1. The summed E-state index contributed by atoms with van der Waals surface area (Å²) in [5.74, 6) is 1.08. The number of likely N-dealkylation sites (tertiary alicyclic amines) is 1. The molecule has 0 N–H and O–H groups in total. The fourth-order valence-corrected chi connectivity index (χ4v) is 6.71. The highest BCUT2D eigenvalue weighted by atomic mass is 16.5. The number of benzene rings is 2. The van der Waals surface area contributed by atoms with Gasteiger partial charge in [0, 0.05) is 44.9 Å². The molecule has 204 valence electrons. The zero-order chi connectivity index (χ0) is 27.0. The Labute approximate surface area is 228 Å². The molecule has 1 aliphatic carbocycles. The number of nitrogens with zero attached hydrogens (tertiary/aromatic N) is 2. The van der Waals surface area contributed by atoms with Crippen LogP contribution in [0.3, 0.4) is 0 Å². The average molecular weight is 517 g/mol. The number of carbonyl (C=O) groups is 2. The summed E-state index contributed by atoms with van der Waals surface area (Å²) in [6.45, 7) is 8.34. The summed E-state index contributed by atoms with van der Waals surface area (Å²) in [7, 11) is 2.01. The Hall–Kier alpha value is -2.92. The normalized spacial score (nSPS) is 23.3. The van der Waals surface area contributed by atoms with Crippen LogP contribution in [0.25, 0.3) is 0 Å². The molecule has 0 unspecified atom stereocenters. The van der Waals surface area contributed by atoms with E-state index in [0.29, 0.717) is 18.1 Å². The van der Waals surface area contributed by atoms with E-state index < -0.39 is 0 Å². The predicted molar refractivity (Wildman–Crippen MR) is 153 cm³/mol. The van der Waals surface area contributed by atoms with Gasteiger partial charge in [0.05, 0.1) is 0 Å². The van der Waals surface area contributed by atoms with E-state index in [2.05, 4.69) is 53.9 Å². The molecule has 1 saturated carbocycles. The van der Waals surface area contributed by atoms with Gasteiger partial charge in [0.2, 0.25) is 5.91 Å². The molecule has 1 aliphatic heterocycles. The Morgan fingerprint density at radius 3 is 2.68 bits per heavy atom. The minimum atomic E-state index is -0.298. The Kier molecular flexibility index (Phi) is 9.79. The molecule has 0 spiro atoms. The van der Waals surface area contributed by atoms with Crippen LogP contribution in [0.2, 0.25) is 0 Å². The number of unbranched alkanes of at least 4 members (excludes halogenated alkanes) is 2. The van der Waals surface area contributed by atoms with Crippen LogP contribution in [-0.4, -0.2) is 54.4 Å². The Balaban J connectivity index is 1.41. The molecule has 38 heavy (non-hydrogen) atoms. The average Bonchev–Trinajstić information content (AvgIpc) is 2.92. The second-order valence-corrected chi connectivity index (χ2v) is 11.3. The van der Waals surface area contributed by atoms with Gasteiger partial charge >= 0.3 is 5.97 Å². The first-order valence-corrected chi connectivity index (χ1v) is 14.3. The van der Waals surface area contributed by atoms with Gasteiger partial charge in [-0.15, -0.1) is 6.58 Å². The van der Waals surface area contributed by atoms with E-state index in [1.165, 1.54) is 18.1 Å². The third kappa shape index (κ3) is 6.93. The van der Waals surface area contributed by atoms with E-state index in [9.17, 15) is 9.59 Å². The van der Waals surface area contributed by atoms with E-state index in [4.69, 9.17) is 4.74 Å². The molecule has 1 amide bonds. The molecule has 0 radical (unpaired) electrons. The van der Waals surface area contributed by atoms with Gasteiger partial charge in [-0.25, -0.2) is 0 Å². The summed E-state index contributed by atoms with van der Waals surface area (Å²) >= 11 is 0. The Morgan fingerprint density at radius 2 is 1.92 bits per heavy atom. The van der Waals surface area contributed by atoms with E-state index in [0.717, 1.165) is 71.0 Å². The summed E-state index contributed by atoms with van der Waals surface area (Å²) in [5.41, 5.74) is 2.59. The number of rotatable bonds is 11. The first kappa shape index (κ1) is 28.1. The summed E-state index contributed by atoms with van der Waals surface area (Å²) in [6, 6.07) is 18.9. The van der Waals surface area contributed by atoms with Crippen LogP contribution in [0.5, 0.6) is 5.75 Å². The standard InChI is InChI=1S/C33H44N2O3/c1-4-21-35-22-20-33(28-15-11-16-31(23-28)38-26(2)36)24-30(19-18-29(33)25-35)34(3)32(37)17-10-6-9-14-27-12-7-5-8-13-27/h4-5,7-8,11-13,15-16,23,29-30H,1,6,9-10,14,17-22,24-25H2,2-3H3/t29-,30-,33+/m1/s1. The van der Waals surface area contributed by atoms with E-state index in [1.807, 2.05) is 30.2 Å². The van der Waals surface area contributed by atoms with Gasteiger partial charge in [-0.2, -0.15) is 0 Å². The third-order valence-electron chi connectivity index (χ3n) is 8.78. The lowest BCUT2D eigenvalue weighted by molar-refractivity contribution is -0.134. The van der Waals surface area contributed by atoms with Crippen LogP contribution in [0.4, 0.5) is 0 Å². The maximum atomic E-state index is 13.2. The molecule has 1 saturated heterocycles. The van der Waals surface area contributed by atoms with E-state index >= 15 is 0 Å². The largest absolute Gasteiger partial charge is 0.427 e. The number of aryl methyl sites for hydroxylation is 1. The number of esters is 1. The van der Waals surface area contributed by atoms with Crippen molar-refractivity contribution in [1.29, 1.82) is 0 Å². The number of piperidine rings is 1. The fraction of sp³-hybridized carbons (Fsp3) is 0.515. The second-order valence-electron chi connectivity index (χ2n) is 11.3. The molecule has 5 heteroatoms. The fourth-order valence-electron chi connectivity index (χ4n) is 6.71. The maximum absolute atomic E-state index is 13.2. The van der Waals surface area contributed by atoms with Crippen LogP contribution in [0.1, 0.15) is 69.4 Å². The van der Waals surface area contributed by atoms with Crippen molar-refractivity contribution in [2.75, 3.05) is 26.7 Å². The number of ether oxygens (including phenoxy) is 1. The van der Waals surface area contributed by atoms with E-state index in [1.54, 1.807) is 0 Å². The molecular formula is C33H44N2O3. The number of carbonyl (C=O) groups excluding carboxylic acids is 2. The summed E-state index contributed by atoms with van der Waals surface area (Å²) in [5, 5.41) is 0. The van der Waals surface area contributed by atoms with Gasteiger partial charge in [0.25, 0.3) is 0 Å². The van der Waals surface area contributed by atoms with Crippen LogP contribution < -0.4 is 4.74 Å². The van der Waals surface area contributed by atoms with Crippen molar-refractivity contribution in [1.82, 2.24) is 9.80 Å². The first-order valence-electron chi connectivity index (χ1n) is 14.3. The number of hydrogen-bond donors (Lipinski definition) is 0. The molecule has 2 aromatic rings. The van der Waals surface area contributed by atoms with Crippen molar-refractivity contribution >= 4 is 11.9 Å². The topological polar surface area (TPSA) is 49.9 Å². The SMILES string of the molecule is C=CCN1CC[C@@]2(c3cccc(OC(C)=O)c3)C[C@H](N(C)C(=O)CCCCCc3ccccc3)CC[C@@H]2C1. The lowest BCUT2D eigenvalue weighted by Gasteiger charge is -2.54. The highest BCUT2D eigenvalue weighted by Gasteiger charge is 2.49. The summed E-state index contributed by atoms with van der Waals surface area (Å²) < 4.78 is 5.46. The van der Waals surface area contributed by atoms with Crippen molar-refractivity contribution in [3.8, 4) is 5.75 Å². The summed E-state index contributed by atoms with van der Waals surface area (Å²) in [4.78, 5) is 29.4. The van der Waals surface area contributed by atoms with Crippen molar-refractivity contribution in [3.05, 3.63) is 78.4 Å². The van der Waals surface area contributed by atoms with Gasteiger partial charge in [-0.3, -0.25) is 14.5 Å². The molecular weight excluding hydrogens is 472 g/mol. The third-order valence-corrected chi connectivity index (χ3v) is 8.78. The molecule has 0 aromatic heterocycles. The van der Waals surface area contributed by atoms with Crippen LogP contribution in [-0.2, 0) is 21.4 Å². The number of hydrogen-bond acceptors (Lipinski definition) is 4. The minimum absolute atomic E-state index is 0.0268. The smallest absolute Gasteiger partial charge is 0.308 e. The van der Waals surface area contributed by atoms with Crippen molar-refractivity contribution in [2.24, 2.45) is 5.92 Å². The quantitative estimate of drug-likeness (QED) is 0.155. The van der Waals surface area contributed by atoms with Crippen molar-refractivity contribution in [2.45, 2.75) is 76.2 Å². The number of fused-ring (bicyclic) bond motifs is 1. The van der Waals surface area contributed by atoms with Crippen molar-refractivity contribution < 1.29 is 14.3 Å².